The first kappa shape index (κ1) is 28.0. The maximum atomic E-state index is 11.8. The van der Waals surface area contributed by atoms with Crippen molar-refractivity contribution in [2.24, 2.45) is 46.3 Å². The van der Waals surface area contributed by atoms with Gasteiger partial charge in [-0.3, -0.25) is 5.32 Å². The van der Waals surface area contributed by atoms with Crippen molar-refractivity contribution in [1.82, 2.24) is 10.6 Å². The standard InChI is InChI=1S/C38H54N2O2/c1-21(2)24-9-11-35(5)18-29(13-22(3)31(35)15-24)37-12-10-26-17-28-14-25-16-32(39-20-23(4)41)34(42)30-8-7-27(19-37)38(28,33(25)30)36(26,6)40-37/h7-8,13,19,23-26,28,30,32-34,39-42H,1,9-12,14-18,20H2,2-6H3/t23-,24+,25-,26+,28+,30-,32+,33-,34+,35-,36+,37-,38-/m0/s1. The van der Waals surface area contributed by atoms with Gasteiger partial charge in [0.15, 0.2) is 0 Å². The van der Waals surface area contributed by atoms with Crippen LogP contribution in [0.4, 0.5) is 0 Å². The second-order valence-electron chi connectivity index (χ2n) is 16.8. The van der Waals surface area contributed by atoms with E-state index in [4.69, 9.17) is 0 Å². The van der Waals surface area contributed by atoms with Crippen molar-refractivity contribution in [2.75, 3.05) is 6.54 Å². The minimum atomic E-state index is -0.393. The lowest BCUT2D eigenvalue weighted by molar-refractivity contribution is -0.0717. The van der Waals surface area contributed by atoms with Crippen LogP contribution in [0.2, 0.25) is 0 Å². The van der Waals surface area contributed by atoms with Crippen LogP contribution >= 0.6 is 0 Å². The summed E-state index contributed by atoms with van der Waals surface area (Å²) in [5.74, 6) is 3.35. The van der Waals surface area contributed by atoms with E-state index in [-0.39, 0.29) is 33.9 Å². The van der Waals surface area contributed by atoms with Gasteiger partial charge in [-0.05, 0) is 132 Å². The summed E-state index contributed by atoms with van der Waals surface area (Å²) in [7, 11) is 0. The number of rotatable bonds is 5. The molecule has 4 saturated carbocycles. The van der Waals surface area contributed by atoms with E-state index in [9.17, 15) is 10.2 Å². The molecule has 1 saturated heterocycles. The molecule has 0 aromatic rings. The molecule has 4 heteroatoms. The van der Waals surface area contributed by atoms with Crippen LogP contribution in [0.3, 0.4) is 0 Å². The Morgan fingerprint density at radius 2 is 1.98 bits per heavy atom. The summed E-state index contributed by atoms with van der Waals surface area (Å²) in [6, 6.07) is 0.0684. The molecule has 8 rings (SSSR count). The number of fused-ring (bicyclic) bond motifs is 2. The van der Waals surface area contributed by atoms with Gasteiger partial charge < -0.3 is 15.5 Å². The quantitative estimate of drug-likeness (QED) is 0.290. The van der Waals surface area contributed by atoms with Gasteiger partial charge in [0.2, 0.25) is 0 Å². The Kier molecular flexibility index (Phi) is 6.05. The van der Waals surface area contributed by atoms with E-state index in [0.29, 0.717) is 36.1 Å². The molecular formula is C38H54N2O2. The molecule has 2 aliphatic heterocycles. The molecule has 5 fully saturated rings. The van der Waals surface area contributed by atoms with Crippen molar-refractivity contribution in [1.29, 1.82) is 0 Å². The van der Waals surface area contributed by atoms with Crippen molar-refractivity contribution in [3.05, 3.63) is 58.7 Å². The lowest BCUT2D eigenvalue weighted by Crippen LogP contribution is -2.74. The Morgan fingerprint density at radius 1 is 1.17 bits per heavy atom. The summed E-state index contributed by atoms with van der Waals surface area (Å²) in [5, 5.41) is 29.8. The summed E-state index contributed by atoms with van der Waals surface area (Å²) in [6.07, 6.45) is 20.5. The number of allylic oxidation sites excluding steroid dienone is 5. The molecule has 8 aliphatic rings. The topological polar surface area (TPSA) is 64.5 Å². The van der Waals surface area contributed by atoms with Gasteiger partial charge in [-0.2, -0.15) is 0 Å². The Hall–Kier alpha value is -1.46. The molecule has 0 unspecified atom stereocenters. The number of piperidine rings is 1. The van der Waals surface area contributed by atoms with E-state index in [1.54, 1.807) is 16.7 Å². The maximum Gasteiger partial charge on any atom is 0.0758 e. The van der Waals surface area contributed by atoms with Crippen molar-refractivity contribution >= 4 is 0 Å². The lowest BCUT2D eigenvalue weighted by Gasteiger charge is -2.66. The predicted molar refractivity (Wildman–Crippen MR) is 170 cm³/mol. The van der Waals surface area contributed by atoms with Crippen molar-refractivity contribution in [3.8, 4) is 0 Å². The molecule has 0 aromatic heterocycles. The van der Waals surface area contributed by atoms with Crippen LogP contribution in [-0.4, -0.2) is 46.1 Å². The molecule has 0 amide bonds. The van der Waals surface area contributed by atoms with Crippen molar-refractivity contribution in [2.45, 2.75) is 122 Å². The summed E-state index contributed by atoms with van der Waals surface area (Å²) in [6.45, 7) is 16.5. The number of hydrogen-bond acceptors (Lipinski definition) is 4. The summed E-state index contributed by atoms with van der Waals surface area (Å²) in [4.78, 5) is 0. The molecule has 6 aliphatic carbocycles. The summed E-state index contributed by atoms with van der Waals surface area (Å²) in [5.41, 5.74) is 8.16. The number of hydrogen-bond donors (Lipinski definition) is 4. The Labute approximate surface area is 253 Å². The van der Waals surface area contributed by atoms with Crippen molar-refractivity contribution in [3.63, 3.8) is 0 Å². The van der Waals surface area contributed by atoms with Gasteiger partial charge in [-0.1, -0.05) is 54.5 Å². The lowest BCUT2D eigenvalue weighted by atomic mass is 9.46. The van der Waals surface area contributed by atoms with Gasteiger partial charge in [-0.15, -0.1) is 0 Å². The predicted octanol–water partition coefficient (Wildman–Crippen LogP) is 6.38. The molecule has 1 spiro atoms. The van der Waals surface area contributed by atoms with E-state index < -0.39 is 12.2 Å². The molecule has 13 atom stereocenters. The molecule has 42 heavy (non-hydrogen) atoms. The normalized spacial score (nSPS) is 52.4. The fourth-order valence-electron chi connectivity index (χ4n) is 13.0. The van der Waals surface area contributed by atoms with E-state index in [1.165, 1.54) is 62.5 Å². The molecule has 0 aromatic carbocycles. The van der Waals surface area contributed by atoms with E-state index in [0.717, 1.165) is 6.42 Å². The highest BCUT2D eigenvalue weighted by atomic mass is 16.3. The van der Waals surface area contributed by atoms with E-state index >= 15 is 0 Å². The van der Waals surface area contributed by atoms with Crippen LogP contribution in [0.15, 0.2) is 58.7 Å². The minimum Gasteiger partial charge on any atom is -0.392 e. The zero-order valence-electron chi connectivity index (χ0n) is 26.7. The molecule has 2 heterocycles. The first-order valence-electron chi connectivity index (χ1n) is 17.3. The van der Waals surface area contributed by atoms with Crippen LogP contribution in [0.5, 0.6) is 0 Å². The average molecular weight is 571 g/mol. The average Bonchev–Trinajstić information content (AvgIpc) is 3.41. The van der Waals surface area contributed by atoms with Gasteiger partial charge >= 0.3 is 0 Å². The maximum absolute atomic E-state index is 11.8. The molecular weight excluding hydrogens is 516 g/mol. The smallest absolute Gasteiger partial charge is 0.0758 e. The van der Waals surface area contributed by atoms with Crippen LogP contribution in [0.25, 0.3) is 0 Å². The highest BCUT2D eigenvalue weighted by molar-refractivity contribution is 5.55. The Bertz CT molecular complexity index is 1340. The Morgan fingerprint density at radius 3 is 2.74 bits per heavy atom. The van der Waals surface area contributed by atoms with Gasteiger partial charge in [0.1, 0.15) is 0 Å². The van der Waals surface area contributed by atoms with E-state index in [2.05, 4.69) is 69.2 Å². The number of nitrogens with one attached hydrogen (secondary N) is 2. The van der Waals surface area contributed by atoms with Crippen LogP contribution in [0, 0.1) is 46.3 Å². The molecule has 4 N–H and O–H groups in total. The van der Waals surface area contributed by atoms with Gasteiger partial charge in [0, 0.05) is 29.5 Å². The summed E-state index contributed by atoms with van der Waals surface area (Å²) >= 11 is 0. The molecule has 0 radical (unpaired) electrons. The molecule has 228 valence electrons. The first-order chi connectivity index (χ1) is 19.9. The Balaban J connectivity index is 1.21. The minimum absolute atomic E-state index is 0.0548. The second-order valence-corrected chi connectivity index (χ2v) is 16.8. The largest absolute Gasteiger partial charge is 0.392 e. The zero-order valence-corrected chi connectivity index (χ0v) is 26.7. The van der Waals surface area contributed by atoms with Gasteiger partial charge in [-0.25, -0.2) is 0 Å². The van der Waals surface area contributed by atoms with Crippen LogP contribution in [-0.2, 0) is 0 Å². The fraction of sp³-hybridized carbons (Fsp3) is 0.737. The van der Waals surface area contributed by atoms with Gasteiger partial charge in [0.05, 0.1) is 17.7 Å². The second kappa shape index (κ2) is 9.05. The molecule has 2 bridgehead atoms. The van der Waals surface area contributed by atoms with Crippen molar-refractivity contribution < 1.29 is 10.2 Å². The summed E-state index contributed by atoms with van der Waals surface area (Å²) < 4.78 is 0. The monoisotopic (exact) mass is 570 g/mol. The van der Waals surface area contributed by atoms with Crippen LogP contribution in [0.1, 0.15) is 92.4 Å². The first-order valence-corrected chi connectivity index (χ1v) is 17.3. The van der Waals surface area contributed by atoms with E-state index in [1.807, 2.05) is 6.92 Å². The van der Waals surface area contributed by atoms with Crippen LogP contribution < -0.4 is 10.6 Å². The third kappa shape index (κ3) is 3.45. The number of aliphatic hydroxyl groups is 2. The highest BCUT2D eigenvalue weighted by Gasteiger charge is 2.77. The van der Waals surface area contributed by atoms with Gasteiger partial charge in [0.25, 0.3) is 0 Å². The SMILES string of the molecule is C=C(C)[C@@H]1CC[C@@]2(C)CC([C@@]34C=C5C=C[C@@H]6[C@@H](O)[C@H](NC[C@H](C)O)C[C@@H]7C[C@@H]8C[C@@H](CC3)[C@@](C)(N4)[C@@]58[C@@H]76)=CC(C)=C2C1. The third-order valence-corrected chi connectivity index (χ3v) is 14.7. The fourth-order valence-corrected chi connectivity index (χ4v) is 13.0. The highest BCUT2D eigenvalue weighted by Crippen LogP contribution is 2.77. The zero-order chi connectivity index (χ0) is 29.4. The number of aliphatic hydroxyl groups excluding tert-OH is 2. The third-order valence-electron chi connectivity index (χ3n) is 14.7. The molecule has 4 nitrogen and oxygen atoms in total.